The molecule has 0 saturated heterocycles. The molecule has 0 heteroatoms. The molecule has 10 heavy (non-hydrogen) atoms. The van der Waals surface area contributed by atoms with Gasteiger partial charge < -0.3 is 0 Å². The van der Waals surface area contributed by atoms with Crippen molar-refractivity contribution in [1.82, 2.24) is 0 Å². The Bertz CT molecular complexity index is 147. The number of allylic oxidation sites excluding steroid dienone is 4. The molecule has 56 valence electrons. The molecule has 1 aliphatic carbocycles. The Morgan fingerprint density at radius 2 is 2.20 bits per heavy atom. The van der Waals surface area contributed by atoms with Crippen LogP contribution in [-0.4, -0.2) is 0 Å². The first-order valence-corrected chi connectivity index (χ1v) is 4.09. The average molecular weight is 136 g/mol. The molecule has 0 heterocycles. The van der Waals surface area contributed by atoms with Crippen LogP contribution in [0.5, 0.6) is 0 Å². The van der Waals surface area contributed by atoms with Crippen molar-refractivity contribution in [1.29, 1.82) is 0 Å². The van der Waals surface area contributed by atoms with Crippen molar-refractivity contribution >= 4 is 0 Å². The van der Waals surface area contributed by atoms with E-state index in [2.05, 4.69) is 32.1 Å². The Labute approximate surface area is 63.6 Å². The number of hydrogen-bond donors (Lipinski definition) is 0. The van der Waals surface area contributed by atoms with Crippen LogP contribution in [0, 0.1) is 5.92 Å². The molecule has 0 fully saturated rings. The lowest BCUT2D eigenvalue weighted by Crippen LogP contribution is -1.98. The summed E-state index contributed by atoms with van der Waals surface area (Å²) in [5, 5.41) is 0. The topological polar surface area (TPSA) is 0 Å². The third-order valence-electron chi connectivity index (χ3n) is 1.88. The van der Waals surface area contributed by atoms with Crippen LogP contribution in [0.25, 0.3) is 0 Å². The molecule has 0 aromatic carbocycles. The van der Waals surface area contributed by atoms with Gasteiger partial charge in [-0.3, -0.25) is 0 Å². The van der Waals surface area contributed by atoms with Gasteiger partial charge in [-0.15, -0.1) is 0 Å². The van der Waals surface area contributed by atoms with Crippen LogP contribution >= 0.6 is 0 Å². The maximum atomic E-state index is 2.39. The van der Waals surface area contributed by atoms with E-state index in [9.17, 15) is 0 Å². The minimum atomic E-state index is 0.829. The summed E-state index contributed by atoms with van der Waals surface area (Å²) in [4.78, 5) is 0. The summed E-state index contributed by atoms with van der Waals surface area (Å²) in [6.07, 6.45) is 10.9. The van der Waals surface area contributed by atoms with E-state index in [1.54, 1.807) is 0 Å². The van der Waals surface area contributed by atoms with Crippen molar-refractivity contribution < 1.29 is 0 Å². The zero-order valence-corrected chi connectivity index (χ0v) is 6.93. The van der Waals surface area contributed by atoms with Gasteiger partial charge in [-0.25, -0.2) is 0 Å². The van der Waals surface area contributed by atoms with E-state index in [1.807, 2.05) is 0 Å². The molecule has 1 aliphatic rings. The molecular weight excluding hydrogens is 120 g/mol. The Morgan fingerprint density at radius 1 is 1.40 bits per heavy atom. The van der Waals surface area contributed by atoms with Crippen molar-refractivity contribution in [2.75, 3.05) is 0 Å². The van der Waals surface area contributed by atoms with Crippen LogP contribution in [0.1, 0.15) is 33.1 Å². The summed E-state index contributed by atoms with van der Waals surface area (Å²) in [6, 6.07) is 0. The SMILES string of the molecule is CC(C)=CC1CC=CCC1. The largest absolute Gasteiger partial charge is 0.0885 e. The highest BCUT2D eigenvalue weighted by Gasteiger charge is 2.04. The summed E-state index contributed by atoms with van der Waals surface area (Å²) in [6.45, 7) is 4.36. The smallest absolute Gasteiger partial charge is 0.0194 e. The van der Waals surface area contributed by atoms with Crippen LogP contribution in [0.15, 0.2) is 23.8 Å². The summed E-state index contributed by atoms with van der Waals surface area (Å²) < 4.78 is 0. The van der Waals surface area contributed by atoms with Crippen molar-refractivity contribution in [2.24, 2.45) is 5.92 Å². The lowest BCUT2D eigenvalue weighted by atomic mass is 9.93. The van der Waals surface area contributed by atoms with Crippen molar-refractivity contribution in [2.45, 2.75) is 33.1 Å². The Kier molecular flexibility index (Phi) is 2.73. The predicted molar refractivity (Wildman–Crippen MR) is 45.9 cm³/mol. The molecular formula is C10H16. The second-order valence-electron chi connectivity index (χ2n) is 3.29. The van der Waals surface area contributed by atoms with Gasteiger partial charge in [0.25, 0.3) is 0 Å². The molecule has 0 spiro atoms. The lowest BCUT2D eigenvalue weighted by Gasteiger charge is -2.13. The number of rotatable bonds is 1. The quantitative estimate of drug-likeness (QED) is 0.485. The summed E-state index contributed by atoms with van der Waals surface area (Å²) in [5.41, 5.74) is 1.46. The molecule has 0 radical (unpaired) electrons. The zero-order chi connectivity index (χ0) is 7.40. The van der Waals surface area contributed by atoms with Crippen LogP contribution in [-0.2, 0) is 0 Å². The first-order chi connectivity index (χ1) is 4.79. The summed E-state index contributed by atoms with van der Waals surface area (Å²) >= 11 is 0. The van der Waals surface area contributed by atoms with E-state index >= 15 is 0 Å². The van der Waals surface area contributed by atoms with Gasteiger partial charge >= 0.3 is 0 Å². The molecule has 0 bridgehead atoms. The average Bonchev–Trinajstić information content (AvgIpc) is 1.88. The van der Waals surface area contributed by atoms with E-state index in [0.717, 1.165) is 5.92 Å². The highest BCUT2D eigenvalue weighted by Crippen LogP contribution is 2.20. The molecule has 0 saturated carbocycles. The monoisotopic (exact) mass is 136 g/mol. The highest BCUT2D eigenvalue weighted by molar-refractivity contribution is 5.03. The first kappa shape index (κ1) is 7.59. The van der Waals surface area contributed by atoms with Gasteiger partial charge in [0.1, 0.15) is 0 Å². The van der Waals surface area contributed by atoms with Crippen LogP contribution in [0.2, 0.25) is 0 Å². The van der Waals surface area contributed by atoms with Gasteiger partial charge in [0, 0.05) is 0 Å². The van der Waals surface area contributed by atoms with Gasteiger partial charge in [0.05, 0.1) is 0 Å². The van der Waals surface area contributed by atoms with Gasteiger partial charge in [-0.2, -0.15) is 0 Å². The minimum absolute atomic E-state index is 0.829. The lowest BCUT2D eigenvalue weighted by molar-refractivity contribution is 0.580. The van der Waals surface area contributed by atoms with Gasteiger partial charge in [0.15, 0.2) is 0 Å². The van der Waals surface area contributed by atoms with E-state index < -0.39 is 0 Å². The van der Waals surface area contributed by atoms with E-state index in [0.29, 0.717) is 0 Å². The highest BCUT2D eigenvalue weighted by atomic mass is 14.1. The fraction of sp³-hybridized carbons (Fsp3) is 0.600. The molecule has 0 amide bonds. The second-order valence-corrected chi connectivity index (χ2v) is 3.29. The van der Waals surface area contributed by atoms with Gasteiger partial charge in [-0.05, 0) is 39.0 Å². The molecule has 0 aromatic heterocycles. The normalized spacial score (nSPS) is 24.4. The Balaban J connectivity index is 2.42. The summed E-state index contributed by atoms with van der Waals surface area (Å²) in [5.74, 6) is 0.829. The second kappa shape index (κ2) is 3.60. The minimum Gasteiger partial charge on any atom is -0.0885 e. The molecule has 1 unspecified atom stereocenters. The molecule has 1 rings (SSSR count). The van der Waals surface area contributed by atoms with Crippen LogP contribution in [0.4, 0.5) is 0 Å². The third-order valence-corrected chi connectivity index (χ3v) is 1.88. The molecule has 0 aliphatic heterocycles. The Hall–Kier alpha value is -0.520. The van der Waals surface area contributed by atoms with Gasteiger partial charge in [-0.1, -0.05) is 23.8 Å². The van der Waals surface area contributed by atoms with Crippen molar-refractivity contribution in [3.05, 3.63) is 23.8 Å². The van der Waals surface area contributed by atoms with Crippen LogP contribution in [0.3, 0.4) is 0 Å². The third kappa shape index (κ3) is 2.38. The zero-order valence-electron chi connectivity index (χ0n) is 6.93. The van der Waals surface area contributed by atoms with E-state index in [-0.39, 0.29) is 0 Å². The Morgan fingerprint density at radius 3 is 2.70 bits per heavy atom. The molecule has 0 aromatic rings. The van der Waals surface area contributed by atoms with E-state index in [4.69, 9.17) is 0 Å². The fourth-order valence-electron chi connectivity index (χ4n) is 1.44. The van der Waals surface area contributed by atoms with Gasteiger partial charge in [0.2, 0.25) is 0 Å². The maximum Gasteiger partial charge on any atom is -0.0194 e. The molecule has 1 atom stereocenters. The standard InChI is InChI=1S/C10H16/c1-9(2)8-10-6-4-3-5-7-10/h3-4,8,10H,5-7H2,1-2H3. The maximum absolute atomic E-state index is 2.39. The van der Waals surface area contributed by atoms with Crippen molar-refractivity contribution in [3.63, 3.8) is 0 Å². The van der Waals surface area contributed by atoms with Crippen LogP contribution < -0.4 is 0 Å². The first-order valence-electron chi connectivity index (χ1n) is 4.09. The molecule has 0 nitrogen and oxygen atoms in total. The fourth-order valence-corrected chi connectivity index (χ4v) is 1.44. The van der Waals surface area contributed by atoms with Crippen molar-refractivity contribution in [3.8, 4) is 0 Å². The number of hydrogen-bond acceptors (Lipinski definition) is 0. The predicted octanol–water partition coefficient (Wildman–Crippen LogP) is 3.31. The molecule has 0 N–H and O–H groups in total. The summed E-state index contributed by atoms with van der Waals surface area (Å²) in [7, 11) is 0. The van der Waals surface area contributed by atoms with E-state index in [1.165, 1.54) is 24.8 Å².